The maximum Gasteiger partial charge on any atom is 0.243 e. The molecule has 2 aromatic carbocycles. The predicted molar refractivity (Wildman–Crippen MR) is 116 cm³/mol. The molecule has 1 N–H and O–H groups in total. The van der Waals surface area contributed by atoms with Crippen LogP contribution in [0.25, 0.3) is 0 Å². The third-order valence-electron chi connectivity index (χ3n) is 5.07. The van der Waals surface area contributed by atoms with E-state index < -0.39 is 6.04 Å². The van der Waals surface area contributed by atoms with Crippen LogP contribution in [0.15, 0.2) is 54.6 Å². The van der Waals surface area contributed by atoms with Gasteiger partial charge in [-0.05, 0) is 43.0 Å². The van der Waals surface area contributed by atoms with E-state index in [0.29, 0.717) is 13.0 Å². The van der Waals surface area contributed by atoms with Gasteiger partial charge in [-0.1, -0.05) is 56.3 Å². The maximum absolute atomic E-state index is 13.2. The van der Waals surface area contributed by atoms with Crippen LogP contribution in [-0.2, 0) is 22.6 Å². The van der Waals surface area contributed by atoms with Crippen LogP contribution in [0.1, 0.15) is 44.7 Å². The minimum atomic E-state index is -0.522. The smallest absolute Gasteiger partial charge is 0.243 e. The molecule has 2 amide bonds. The Kier molecular flexibility index (Phi) is 8.71. The molecule has 0 bridgehead atoms. The summed E-state index contributed by atoms with van der Waals surface area (Å²) in [6.45, 7) is 6.30. The summed E-state index contributed by atoms with van der Waals surface area (Å²) in [6.07, 6.45) is 1.65. The predicted octanol–water partition coefficient (Wildman–Crippen LogP) is 3.96. The number of carbonyl (C=O) groups excluding carboxylic acids is 2. The zero-order chi connectivity index (χ0) is 21.2. The van der Waals surface area contributed by atoms with Crippen LogP contribution in [0.2, 0.25) is 0 Å². The molecule has 5 nitrogen and oxygen atoms in total. The lowest BCUT2D eigenvalue weighted by Crippen LogP contribution is -2.51. The van der Waals surface area contributed by atoms with E-state index in [9.17, 15) is 9.59 Å². The number of nitrogens with one attached hydrogen (secondary N) is 1. The summed E-state index contributed by atoms with van der Waals surface area (Å²) in [5.41, 5.74) is 1.87. The topological polar surface area (TPSA) is 58.6 Å². The van der Waals surface area contributed by atoms with Gasteiger partial charge in [-0.25, -0.2) is 0 Å². The summed E-state index contributed by atoms with van der Waals surface area (Å²) >= 11 is 0. The van der Waals surface area contributed by atoms with Crippen molar-refractivity contribution in [2.45, 2.75) is 58.7 Å². The quantitative estimate of drug-likeness (QED) is 0.661. The zero-order valence-corrected chi connectivity index (χ0v) is 17.9. The van der Waals surface area contributed by atoms with Crippen LogP contribution < -0.4 is 10.1 Å². The van der Waals surface area contributed by atoms with Crippen molar-refractivity contribution in [2.24, 2.45) is 0 Å². The van der Waals surface area contributed by atoms with Gasteiger partial charge in [0.1, 0.15) is 11.8 Å². The third kappa shape index (κ3) is 6.63. The third-order valence-corrected chi connectivity index (χ3v) is 5.07. The summed E-state index contributed by atoms with van der Waals surface area (Å²) < 4.78 is 5.31. The minimum absolute atomic E-state index is 0.0647. The van der Waals surface area contributed by atoms with Crippen molar-refractivity contribution in [3.05, 3.63) is 65.7 Å². The van der Waals surface area contributed by atoms with Crippen molar-refractivity contribution in [1.82, 2.24) is 10.2 Å². The van der Waals surface area contributed by atoms with Crippen molar-refractivity contribution in [1.29, 1.82) is 0 Å². The first kappa shape index (κ1) is 22.5. The molecule has 2 atom stereocenters. The number of ether oxygens (including phenoxy) is 1. The van der Waals surface area contributed by atoms with Crippen LogP contribution >= 0.6 is 0 Å². The van der Waals surface area contributed by atoms with Gasteiger partial charge in [-0.2, -0.15) is 0 Å². The van der Waals surface area contributed by atoms with Crippen LogP contribution in [0.4, 0.5) is 0 Å². The van der Waals surface area contributed by atoms with Gasteiger partial charge in [0.15, 0.2) is 0 Å². The Morgan fingerprint density at radius 3 is 2.31 bits per heavy atom. The van der Waals surface area contributed by atoms with E-state index in [1.165, 1.54) is 0 Å². The van der Waals surface area contributed by atoms with Crippen LogP contribution in [0.5, 0.6) is 5.75 Å². The SMILES string of the molecule is CC[C@H](C(=O)N[C@@H](C)CC)N(Cc1cccc(OC)c1)C(=O)Cc1ccccc1. The lowest BCUT2D eigenvalue weighted by atomic mass is 10.1. The average molecular weight is 397 g/mol. The number of amides is 2. The number of rotatable bonds is 10. The number of nitrogens with zero attached hydrogens (tertiary/aromatic N) is 1. The highest BCUT2D eigenvalue weighted by Gasteiger charge is 2.29. The van der Waals surface area contributed by atoms with Crippen LogP contribution in [0.3, 0.4) is 0 Å². The minimum Gasteiger partial charge on any atom is -0.497 e. The van der Waals surface area contributed by atoms with Gasteiger partial charge < -0.3 is 15.0 Å². The average Bonchev–Trinajstić information content (AvgIpc) is 2.74. The fraction of sp³-hybridized carbons (Fsp3) is 0.417. The summed E-state index contributed by atoms with van der Waals surface area (Å²) in [6, 6.07) is 16.8. The Labute approximate surface area is 174 Å². The highest BCUT2D eigenvalue weighted by atomic mass is 16.5. The molecule has 29 heavy (non-hydrogen) atoms. The first-order valence-corrected chi connectivity index (χ1v) is 10.2. The van der Waals surface area contributed by atoms with E-state index in [-0.39, 0.29) is 24.3 Å². The van der Waals surface area contributed by atoms with E-state index in [0.717, 1.165) is 23.3 Å². The second-order valence-electron chi connectivity index (χ2n) is 7.28. The van der Waals surface area contributed by atoms with E-state index in [1.54, 1.807) is 12.0 Å². The molecular formula is C24H32N2O3. The molecule has 0 saturated carbocycles. The molecule has 156 valence electrons. The van der Waals surface area contributed by atoms with E-state index >= 15 is 0 Å². The Morgan fingerprint density at radius 1 is 1.00 bits per heavy atom. The fourth-order valence-corrected chi connectivity index (χ4v) is 3.20. The number of methoxy groups -OCH3 is 1. The molecular weight excluding hydrogens is 364 g/mol. The Bertz CT molecular complexity index is 792. The monoisotopic (exact) mass is 396 g/mol. The van der Waals surface area contributed by atoms with Gasteiger partial charge in [0, 0.05) is 12.6 Å². The standard InChI is InChI=1S/C24H32N2O3/c1-5-18(3)25-24(28)22(6-2)26(17-20-13-10-14-21(15-20)29-4)23(27)16-19-11-8-7-9-12-19/h7-15,18,22H,5-6,16-17H2,1-4H3,(H,25,28)/t18-,22+/m0/s1. The van der Waals surface area contributed by atoms with Gasteiger partial charge in [0.25, 0.3) is 0 Å². The summed E-state index contributed by atoms with van der Waals surface area (Å²) in [7, 11) is 1.62. The number of benzene rings is 2. The molecule has 0 spiro atoms. The molecule has 2 aromatic rings. The van der Waals surface area contributed by atoms with Crippen molar-refractivity contribution < 1.29 is 14.3 Å². The molecule has 0 aliphatic carbocycles. The summed E-state index contributed by atoms with van der Waals surface area (Å²) in [5.74, 6) is 0.561. The van der Waals surface area contributed by atoms with Crippen molar-refractivity contribution >= 4 is 11.8 Å². The Hall–Kier alpha value is -2.82. The van der Waals surface area contributed by atoms with Crippen molar-refractivity contribution in [2.75, 3.05) is 7.11 Å². The normalized spacial score (nSPS) is 12.7. The van der Waals surface area contributed by atoms with Gasteiger partial charge in [0.2, 0.25) is 11.8 Å². The van der Waals surface area contributed by atoms with E-state index in [1.807, 2.05) is 75.4 Å². The largest absolute Gasteiger partial charge is 0.497 e. The molecule has 0 aliphatic heterocycles. The Balaban J connectivity index is 2.29. The molecule has 0 saturated heterocycles. The fourth-order valence-electron chi connectivity index (χ4n) is 3.20. The highest BCUT2D eigenvalue weighted by Crippen LogP contribution is 2.18. The second kappa shape index (κ2) is 11.2. The number of hydrogen-bond donors (Lipinski definition) is 1. The van der Waals surface area contributed by atoms with Gasteiger partial charge in [0.05, 0.1) is 13.5 Å². The number of carbonyl (C=O) groups is 2. The molecule has 0 aliphatic rings. The molecule has 5 heteroatoms. The molecule has 2 rings (SSSR count). The summed E-state index contributed by atoms with van der Waals surface area (Å²) in [4.78, 5) is 27.9. The second-order valence-corrected chi connectivity index (χ2v) is 7.28. The molecule has 0 unspecified atom stereocenters. The number of hydrogen-bond acceptors (Lipinski definition) is 3. The zero-order valence-electron chi connectivity index (χ0n) is 17.9. The molecule has 0 radical (unpaired) electrons. The highest BCUT2D eigenvalue weighted by molar-refractivity contribution is 5.88. The Morgan fingerprint density at radius 2 is 1.69 bits per heavy atom. The van der Waals surface area contributed by atoms with Gasteiger partial charge >= 0.3 is 0 Å². The van der Waals surface area contributed by atoms with Crippen molar-refractivity contribution in [3.63, 3.8) is 0 Å². The first-order chi connectivity index (χ1) is 14.0. The molecule has 0 fully saturated rings. The van der Waals surface area contributed by atoms with Crippen LogP contribution in [-0.4, -0.2) is 35.9 Å². The van der Waals surface area contributed by atoms with Gasteiger partial charge in [-0.3, -0.25) is 9.59 Å². The maximum atomic E-state index is 13.2. The summed E-state index contributed by atoms with van der Waals surface area (Å²) in [5, 5.41) is 3.03. The first-order valence-electron chi connectivity index (χ1n) is 10.2. The van der Waals surface area contributed by atoms with Gasteiger partial charge in [-0.15, -0.1) is 0 Å². The lowest BCUT2D eigenvalue weighted by molar-refractivity contribution is -0.141. The van der Waals surface area contributed by atoms with Crippen LogP contribution in [0, 0.1) is 0 Å². The van der Waals surface area contributed by atoms with E-state index in [4.69, 9.17) is 4.74 Å². The molecule has 0 aromatic heterocycles. The lowest BCUT2D eigenvalue weighted by Gasteiger charge is -2.31. The van der Waals surface area contributed by atoms with E-state index in [2.05, 4.69) is 5.32 Å². The van der Waals surface area contributed by atoms with Crippen molar-refractivity contribution in [3.8, 4) is 5.75 Å². The molecule has 0 heterocycles.